The summed E-state index contributed by atoms with van der Waals surface area (Å²) >= 11 is 6.43. The van der Waals surface area contributed by atoms with E-state index in [2.05, 4.69) is 38.4 Å². The van der Waals surface area contributed by atoms with Crippen molar-refractivity contribution in [1.82, 2.24) is 9.55 Å². The van der Waals surface area contributed by atoms with Crippen LogP contribution in [-0.2, 0) is 7.05 Å². The molecular weight excluding hydrogens is 388 g/mol. The van der Waals surface area contributed by atoms with E-state index in [-0.39, 0.29) is 0 Å². The van der Waals surface area contributed by atoms with Crippen LogP contribution in [0.3, 0.4) is 0 Å². The number of anilines is 1. The maximum atomic E-state index is 6.43. The highest BCUT2D eigenvalue weighted by Gasteiger charge is 2.16. The number of fused-ring (bicyclic) bond motifs is 1. The molecule has 0 radical (unpaired) electrons. The minimum absolute atomic E-state index is 0.447. The van der Waals surface area contributed by atoms with E-state index < -0.39 is 0 Å². The van der Waals surface area contributed by atoms with Crippen molar-refractivity contribution < 1.29 is 4.74 Å². The van der Waals surface area contributed by atoms with Gasteiger partial charge in [-0.1, -0.05) is 24.8 Å². The summed E-state index contributed by atoms with van der Waals surface area (Å²) in [4.78, 5) is 16.8. The molecule has 7 nitrogen and oxygen atoms in total. The first-order valence-electron chi connectivity index (χ1n) is 8.69. The predicted octanol–water partition coefficient (Wildman–Crippen LogP) is 4.97. The summed E-state index contributed by atoms with van der Waals surface area (Å²) < 4.78 is 7.88. The van der Waals surface area contributed by atoms with Gasteiger partial charge in [-0.2, -0.15) is 0 Å². The topological polar surface area (TPSA) is 76.2 Å². The lowest BCUT2D eigenvalue weighted by molar-refractivity contribution is 0.483. The zero-order valence-electron chi connectivity index (χ0n) is 15.6. The number of aromatic nitrogens is 2. The van der Waals surface area contributed by atoms with Crippen molar-refractivity contribution in [2.75, 3.05) is 5.32 Å². The molecule has 8 heteroatoms. The van der Waals surface area contributed by atoms with E-state index in [1.807, 2.05) is 35.9 Å². The molecule has 2 aromatic carbocycles. The molecule has 0 spiro atoms. The van der Waals surface area contributed by atoms with Crippen LogP contribution in [0.5, 0.6) is 11.5 Å². The minimum atomic E-state index is 0.447. The number of aliphatic imine (C=N–C) groups is 3. The van der Waals surface area contributed by atoms with Crippen LogP contribution in [0.4, 0.5) is 5.69 Å². The molecule has 0 amide bonds. The molecule has 0 bridgehead atoms. The van der Waals surface area contributed by atoms with Crippen LogP contribution in [0.2, 0.25) is 5.02 Å². The zero-order chi connectivity index (χ0) is 20.4. The number of nitrogens with zero attached hydrogens (tertiary/aromatic N) is 5. The summed E-state index contributed by atoms with van der Waals surface area (Å²) in [5.41, 5.74) is 3.62. The molecule has 3 aromatic rings. The highest BCUT2D eigenvalue weighted by molar-refractivity contribution is 6.52. The Morgan fingerprint density at radius 3 is 2.90 bits per heavy atom. The van der Waals surface area contributed by atoms with Crippen LogP contribution in [0.1, 0.15) is 0 Å². The SMILES string of the molecule is C=CN=C1C(=C)N=CN=C1Nc1ccc(Oc2ccc3c(c2)ncn3C)c(Cl)c1. The lowest BCUT2D eigenvalue weighted by Gasteiger charge is -2.15. The zero-order valence-corrected chi connectivity index (χ0v) is 16.4. The van der Waals surface area contributed by atoms with Gasteiger partial charge in [0.05, 0.1) is 28.1 Å². The molecule has 144 valence electrons. The first-order valence-corrected chi connectivity index (χ1v) is 9.07. The number of hydrogen-bond donors (Lipinski definition) is 1. The van der Waals surface area contributed by atoms with Gasteiger partial charge in [-0.15, -0.1) is 0 Å². The second kappa shape index (κ2) is 7.73. The number of nitrogens with one attached hydrogen (secondary N) is 1. The average molecular weight is 405 g/mol. The highest BCUT2D eigenvalue weighted by atomic mass is 35.5. The third kappa shape index (κ3) is 3.81. The fourth-order valence-electron chi connectivity index (χ4n) is 2.84. The fourth-order valence-corrected chi connectivity index (χ4v) is 3.06. The number of aryl methyl sites for hydroxylation is 1. The number of amidine groups is 1. The monoisotopic (exact) mass is 404 g/mol. The van der Waals surface area contributed by atoms with Crippen molar-refractivity contribution in [1.29, 1.82) is 0 Å². The van der Waals surface area contributed by atoms with E-state index in [1.165, 1.54) is 12.5 Å². The fraction of sp³-hybridized carbons (Fsp3) is 0.0476. The van der Waals surface area contributed by atoms with Gasteiger partial charge >= 0.3 is 0 Å². The maximum Gasteiger partial charge on any atom is 0.160 e. The summed E-state index contributed by atoms with van der Waals surface area (Å²) in [5, 5.41) is 3.62. The number of hydrogen-bond acceptors (Lipinski definition) is 6. The Kier molecular flexibility index (Phi) is 4.97. The van der Waals surface area contributed by atoms with E-state index in [0.717, 1.165) is 16.7 Å². The van der Waals surface area contributed by atoms with Gasteiger partial charge in [0.15, 0.2) is 5.84 Å². The van der Waals surface area contributed by atoms with Crippen molar-refractivity contribution in [3.63, 3.8) is 0 Å². The van der Waals surface area contributed by atoms with Crippen molar-refractivity contribution in [2.24, 2.45) is 22.0 Å². The third-order valence-electron chi connectivity index (χ3n) is 4.24. The molecule has 0 aliphatic carbocycles. The molecule has 1 aliphatic rings. The Hall–Kier alpha value is -3.71. The summed E-state index contributed by atoms with van der Waals surface area (Å²) in [5.74, 6) is 1.70. The van der Waals surface area contributed by atoms with Crippen molar-refractivity contribution in [2.45, 2.75) is 0 Å². The number of ether oxygens (including phenoxy) is 1. The Morgan fingerprint density at radius 2 is 2.10 bits per heavy atom. The van der Waals surface area contributed by atoms with Crippen LogP contribution in [-0.4, -0.2) is 27.4 Å². The van der Waals surface area contributed by atoms with Crippen molar-refractivity contribution in [3.8, 4) is 11.5 Å². The first-order chi connectivity index (χ1) is 14.0. The van der Waals surface area contributed by atoms with E-state index in [9.17, 15) is 0 Å². The smallest absolute Gasteiger partial charge is 0.160 e. The van der Waals surface area contributed by atoms with E-state index in [4.69, 9.17) is 16.3 Å². The molecular formula is C21H17ClN6O. The number of benzene rings is 2. The normalized spacial score (nSPS) is 14.9. The Morgan fingerprint density at radius 1 is 1.24 bits per heavy atom. The van der Waals surface area contributed by atoms with Crippen LogP contribution < -0.4 is 10.1 Å². The molecule has 1 aromatic heterocycles. The van der Waals surface area contributed by atoms with E-state index in [1.54, 1.807) is 18.5 Å². The number of rotatable bonds is 4. The molecule has 0 unspecified atom stereocenters. The molecule has 0 atom stereocenters. The van der Waals surface area contributed by atoms with Gasteiger partial charge in [-0.25, -0.2) is 15.0 Å². The average Bonchev–Trinajstić information content (AvgIpc) is 3.07. The second-order valence-electron chi connectivity index (χ2n) is 6.21. The maximum absolute atomic E-state index is 6.43. The van der Waals surface area contributed by atoms with Crippen LogP contribution >= 0.6 is 11.6 Å². The third-order valence-corrected chi connectivity index (χ3v) is 4.53. The molecule has 29 heavy (non-hydrogen) atoms. The van der Waals surface area contributed by atoms with Crippen LogP contribution in [0.15, 0.2) is 82.8 Å². The summed E-state index contributed by atoms with van der Waals surface area (Å²) in [6, 6.07) is 11.1. The number of halogens is 1. The van der Waals surface area contributed by atoms with Gasteiger partial charge in [0.1, 0.15) is 23.5 Å². The second-order valence-corrected chi connectivity index (χ2v) is 6.61. The lowest BCUT2D eigenvalue weighted by Crippen LogP contribution is -2.26. The Balaban J connectivity index is 1.55. The summed E-state index contributed by atoms with van der Waals surface area (Å²) in [6.45, 7) is 7.47. The van der Waals surface area contributed by atoms with Gasteiger partial charge < -0.3 is 14.6 Å². The van der Waals surface area contributed by atoms with E-state index in [0.29, 0.717) is 33.8 Å². The molecule has 1 N–H and O–H groups in total. The molecule has 2 heterocycles. The van der Waals surface area contributed by atoms with Gasteiger partial charge in [0, 0.05) is 25.0 Å². The summed E-state index contributed by atoms with van der Waals surface area (Å²) in [7, 11) is 1.95. The van der Waals surface area contributed by atoms with Gasteiger partial charge in [-0.3, -0.25) is 4.99 Å². The number of imidazole rings is 1. The molecule has 4 rings (SSSR count). The van der Waals surface area contributed by atoms with Crippen molar-refractivity contribution >= 4 is 46.2 Å². The predicted molar refractivity (Wildman–Crippen MR) is 119 cm³/mol. The minimum Gasteiger partial charge on any atom is -0.456 e. The molecule has 0 fully saturated rings. The highest BCUT2D eigenvalue weighted by Crippen LogP contribution is 2.33. The standard InChI is InChI=1S/C21H17ClN6O/c1-4-23-20-13(2)24-11-25-21(20)27-14-5-8-19(16(22)9-14)29-15-6-7-18-17(10-15)26-12-28(18)3/h4-12H,1-2H2,3H3,(H,24,25,27). The van der Waals surface area contributed by atoms with Gasteiger partial charge in [0.2, 0.25) is 0 Å². The first kappa shape index (κ1) is 18.6. The molecule has 0 saturated heterocycles. The largest absolute Gasteiger partial charge is 0.456 e. The lowest BCUT2D eigenvalue weighted by atomic mass is 10.2. The van der Waals surface area contributed by atoms with Crippen LogP contribution in [0, 0.1) is 0 Å². The Bertz CT molecular complexity index is 1220. The quantitative estimate of drug-likeness (QED) is 0.667. The Labute approximate surface area is 172 Å². The van der Waals surface area contributed by atoms with Crippen LogP contribution in [0.25, 0.3) is 11.0 Å². The summed E-state index contributed by atoms with van der Waals surface area (Å²) in [6.07, 6.45) is 4.60. The molecule has 0 saturated carbocycles. The van der Waals surface area contributed by atoms with Gasteiger partial charge in [0.25, 0.3) is 0 Å². The van der Waals surface area contributed by atoms with E-state index >= 15 is 0 Å². The van der Waals surface area contributed by atoms with Crippen molar-refractivity contribution in [3.05, 3.63) is 72.8 Å². The van der Waals surface area contributed by atoms with Gasteiger partial charge in [-0.05, 0) is 30.3 Å². The molecule has 1 aliphatic heterocycles.